The van der Waals surface area contributed by atoms with Crippen LogP contribution in [0.3, 0.4) is 0 Å². The Bertz CT molecular complexity index is 656. The number of halogens is 1. The predicted octanol–water partition coefficient (Wildman–Crippen LogP) is 2.69. The normalized spacial score (nSPS) is 15.6. The molecule has 1 atom stereocenters. The van der Waals surface area contributed by atoms with Crippen LogP contribution in [0.5, 0.6) is 0 Å². The quantitative estimate of drug-likeness (QED) is 0.907. The Morgan fingerprint density at radius 2 is 2.09 bits per heavy atom. The Morgan fingerprint density at radius 1 is 1.35 bits per heavy atom. The van der Waals surface area contributed by atoms with E-state index in [0.29, 0.717) is 24.7 Å². The van der Waals surface area contributed by atoms with Gasteiger partial charge in [0.2, 0.25) is 17.6 Å². The molecule has 1 amide bonds. The van der Waals surface area contributed by atoms with Gasteiger partial charge in [0.15, 0.2) is 0 Å². The second kappa shape index (κ2) is 7.57. The number of hydrogen-bond donors (Lipinski definition) is 1. The highest BCUT2D eigenvalue weighted by Crippen LogP contribution is 2.29. The summed E-state index contributed by atoms with van der Waals surface area (Å²) in [4.78, 5) is 18.2. The fourth-order valence-corrected chi connectivity index (χ4v) is 2.80. The average Bonchev–Trinajstić information content (AvgIpc) is 3.19. The number of benzene rings is 1. The van der Waals surface area contributed by atoms with Crippen molar-refractivity contribution < 1.29 is 9.32 Å². The van der Waals surface area contributed by atoms with Gasteiger partial charge in [-0.15, -0.1) is 12.4 Å². The Kier molecular flexibility index (Phi) is 5.74. The average molecular weight is 337 g/mol. The standard InChI is InChI=1S/C16H20N4O2.ClH/c1-2-13(20-9-3-4-14(20)21)16-18-15(19-22-16)12-7-5-11(10-17)6-8-12;/h5-8,13H,2-4,9-10,17H2,1H3;1H. The van der Waals surface area contributed by atoms with E-state index in [4.69, 9.17) is 10.3 Å². The molecule has 2 heterocycles. The molecule has 1 saturated heterocycles. The van der Waals surface area contributed by atoms with Crippen LogP contribution in [0.25, 0.3) is 11.4 Å². The lowest BCUT2D eigenvalue weighted by Crippen LogP contribution is -2.29. The first-order valence-corrected chi connectivity index (χ1v) is 7.65. The number of carbonyl (C=O) groups excluding carboxylic acids is 1. The maximum absolute atomic E-state index is 11.9. The minimum absolute atomic E-state index is 0. The second-order valence-corrected chi connectivity index (χ2v) is 5.47. The number of nitrogens with zero attached hydrogens (tertiary/aromatic N) is 3. The Hall–Kier alpha value is -1.92. The van der Waals surface area contributed by atoms with E-state index in [1.807, 2.05) is 36.1 Å². The van der Waals surface area contributed by atoms with Crippen LogP contribution in [-0.4, -0.2) is 27.5 Å². The van der Waals surface area contributed by atoms with E-state index in [9.17, 15) is 4.79 Å². The van der Waals surface area contributed by atoms with Crippen LogP contribution >= 0.6 is 12.4 Å². The molecule has 6 nitrogen and oxygen atoms in total. The van der Waals surface area contributed by atoms with Gasteiger partial charge >= 0.3 is 0 Å². The van der Waals surface area contributed by atoms with Gasteiger partial charge in [-0.25, -0.2) is 0 Å². The zero-order valence-corrected chi connectivity index (χ0v) is 13.9. The fraction of sp³-hybridized carbons (Fsp3) is 0.438. The SMILES string of the molecule is CCC(c1nc(-c2ccc(CN)cc2)no1)N1CCCC1=O.Cl. The van der Waals surface area contributed by atoms with E-state index < -0.39 is 0 Å². The zero-order valence-electron chi connectivity index (χ0n) is 13.1. The summed E-state index contributed by atoms with van der Waals surface area (Å²) in [5.41, 5.74) is 7.54. The lowest BCUT2D eigenvalue weighted by Gasteiger charge is -2.23. The first kappa shape index (κ1) is 17.4. The van der Waals surface area contributed by atoms with Gasteiger partial charge in [0.25, 0.3) is 0 Å². The summed E-state index contributed by atoms with van der Waals surface area (Å²) in [7, 11) is 0. The predicted molar refractivity (Wildman–Crippen MR) is 88.9 cm³/mol. The van der Waals surface area contributed by atoms with Gasteiger partial charge < -0.3 is 15.2 Å². The molecule has 1 fully saturated rings. The van der Waals surface area contributed by atoms with Crippen molar-refractivity contribution in [2.45, 2.75) is 38.8 Å². The van der Waals surface area contributed by atoms with Gasteiger partial charge in [0.1, 0.15) is 6.04 Å². The van der Waals surface area contributed by atoms with E-state index in [2.05, 4.69) is 10.1 Å². The minimum Gasteiger partial charge on any atom is -0.337 e. The third-order valence-electron chi connectivity index (χ3n) is 4.05. The van der Waals surface area contributed by atoms with E-state index in [1.165, 1.54) is 0 Å². The van der Waals surface area contributed by atoms with Gasteiger partial charge in [-0.05, 0) is 18.4 Å². The van der Waals surface area contributed by atoms with Gasteiger partial charge in [0.05, 0.1) is 0 Å². The number of amides is 1. The molecular weight excluding hydrogens is 316 g/mol. The topological polar surface area (TPSA) is 85.2 Å². The molecule has 1 aliphatic rings. The molecular formula is C16H21ClN4O2. The second-order valence-electron chi connectivity index (χ2n) is 5.47. The van der Waals surface area contributed by atoms with Crippen molar-refractivity contribution in [1.29, 1.82) is 0 Å². The van der Waals surface area contributed by atoms with Crippen molar-refractivity contribution in [3.63, 3.8) is 0 Å². The van der Waals surface area contributed by atoms with E-state index in [-0.39, 0.29) is 24.4 Å². The highest BCUT2D eigenvalue weighted by molar-refractivity contribution is 5.85. The molecule has 1 aliphatic heterocycles. The molecule has 0 radical (unpaired) electrons. The van der Waals surface area contributed by atoms with Crippen LogP contribution < -0.4 is 5.73 Å². The van der Waals surface area contributed by atoms with Crippen molar-refractivity contribution >= 4 is 18.3 Å². The molecule has 0 aliphatic carbocycles. The summed E-state index contributed by atoms with van der Waals surface area (Å²) in [5, 5.41) is 4.05. The zero-order chi connectivity index (χ0) is 15.5. The van der Waals surface area contributed by atoms with Gasteiger partial charge in [-0.3, -0.25) is 4.79 Å². The molecule has 23 heavy (non-hydrogen) atoms. The van der Waals surface area contributed by atoms with Crippen LogP contribution in [0, 0.1) is 0 Å². The summed E-state index contributed by atoms with van der Waals surface area (Å²) < 4.78 is 5.41. The number of likely N-dealkylation sites (tertiary alicyclic amines) is 1. The third-order valence-corrected chi connectivity index (χ3v) is 4.05. The molecule has 2 N–H and O–H groups in total. The smallest absolute Gasteiger partial charge is 0.249 e. The van der Waals surface area contributed by atoms with Crippen LogP contribution in [0.1, 0.15) is 43.7 Å². The summed E-state index contributed by atoms with van der Waals surface area (Å²) in [6, 6.07) is 7.64. The molecule has 1 aromatic heterocycles. The lowest BCUT2D eigenvalue weighted by molar-refractivity contribution is -0.130. The van der Waals surface area contributed by atoms with Crippen molar-refractivity contribution in [2.75, 3.05) is 6.54 Å². The minimum atomic E-state index is -0.125. The highest BCUT2D eigenvalue weighted by Gasteiger charge is 2.31. The fourth-order valence-electron chi connectivity index (χ4n) is 2.80. The van der Waals surface area contributed by atoms with Gasteiger partial charge in [0, 0.05) is 25.1 Å². The first-order chi connectivity index (χ1) is 10.7. The molecule has 0 spiro atoms. The summed E-state index contributed by atoms with van der Waals surface area (Å²) in [6.07, 6.45) is 2.27. The first-order valence-electron chi connectivity index (χ1n) is 7.65. The highest BCUT2D eigenvalue weighted by atomic mass is 35.5. The molecule has 7 heteroatoms. The van der Waals surface area contributed by atoms with Crippen molar-refractivity contribution in [3.05, 3.63) is 35.7 Å². The third kappa shape index (κ3) is 3.54. The van der Waals surface area contributed by atoms with Crippen molar-refractivity contribution in [3.8, 4) is 11.4 Å². The van der Waals surface area contributed by atoms with Crippen molar-refractivity contribution in [1.82, 2.24) is 15.0 Å². The molecule has 0 bridgehead atoms. The largest absolute Gasteiger partial charge is 0.337 e. The van der Waals surface area contributed by atoms with E-state index >= 15 is 0 Å². The van der Waals surface area contributed by atoms with Crippen LogP contribution in [0.4, 0.5) is 0 Å². The van der Waals surface area contributed by atoms with Crippen LogP contribution in [-0.2, 0) is 11.3 Å². The summed E-state index contributed by atoms with van der Waals surface area (Å²) >= 11 is 0. The molecule has 2 aromatic rings. The van der Waals surface area contributed by atoms with Gasteiger partial charge in [-0.1, -0.05) is 36.3 Å². The molecule has 1 aromatic carbocycles. The monoisotopic (exact) mass is 336 g/mol. The molecule has 0 saturated carbocycles. The van der Waals surface area contributed by atoms with Crippen LogP contribution in [0.15, 0.2) is 28.8 Å². The maximum Gasteiger partial charge on any atom is 0.249 e. The van der Waals surface area contributed by atoms with Crippen LogP contribution in [0.2, 0.25) is 0 Å². The lowest BCUT2D eigenvalue weighted by atomic mass is 10.1. The van der Waals surface area contributed by atoms with E-state index in [1.54, 1.807) is 0 Å². The number of hydrogen-bond acceptors (Lipinski definition) is 5. The van der Waals surface area contributed by atoms with Gasteiger partial charge in [-0.2, -0.15) is 4.98 Å². The number of carbonyl (C=O) groups is 1. The summed E-state index contributed by atoms with van der Waals surface area (Å²) in [5.74, 6) is 1.22. The van der Waals surface area contributed by atoms with E-state index in [0.717, 1.165) is 30.5 Å². The number of aromatic nitrogens is 2. The molecule has 3 rings (SSSR count). The Labute approximate surface area is 141 Å². The summed E-state index contributed by atoms with van der Waals surface area (Å²) in [6.45, 7) is 3.29. The number of rotatable bonds is 5. The Morgan fingerprint density at radius 3 is 2.65 bits per heavy atom. The maximum atomic E-state index is 11.9. The molecule has 124 valence electrons. The number of nitrogens with two attached hydrogens (primary N) is 1. The molecule has 1 unspecified atom stereocenters. The Balaban J connectivity index is 0.00000192. The van der Waals surface area contributed by atoms with Crippen molar-refractivity contribution in [2.24, 2.45) is 5.73 Å².